The molecule has 1 aromatic heterocycles. The van der Waals surface area contributed by atoms with Crippen molar-refractivity contribution in [1.29, 1.82) is 0 Å². The van der Waals surface area contributed by atoms with Gasteiger partial charge in [0.25, 0.3) is 5.91 Å². The molecule has 1 fully saturated rings. The normalized spacial score (nSPS) is 26.3. The molecular weight excluding hydrogens is 784 g/mol. The number of benzene rings is 1. The lowest BCUT2D eigenvalue weighted by atomic mass is 9.85. The van der Waals surface area contributed by atoms with Crippen molar-refractivity contribution >= 4 is 41.2 Å². The minimum Gasteiger partial charge on any atom is -0.456 e. The summed E-state index contributed by atoms with van der Waals surface area (Å²) in [6.07, 6.45) is 12.8. The summed E-state index contributed by atoms with van der Waals surface area (Å²) < 4.78 is 20.4. The van der Waals surface area contributed by atoms with Crippen LogP contribution < -0.4 is 21.4 Å². The average Bonchev–Trinajstić information content (AvgIpc) is 3.22. The Hall–Kier alpha value is -5.80. The van der Waals surface area contributed by atoms with E-state index in [0.717, 1.165) is 0 Å². The van der Waals surface area contributed by atoms with Crippen molar-refractivity contribution in [3.8, 4) is 0 Å². The lowest BCUT2D eigenvalue weighted by Gasteiger charge is -2.36. The Bertz CT molecular complexity index is 1970. The summed E-state index contributed by atoms with van der Waals surface area (Å²) in [6.45, 7) is 8.60. The average molecular weight is 843 g/mol. The summed E-state index contributed by atoms with van der Waals surface area (Å²) in [5, 5.41) is 21.0. The van der Waals surface area contributed by atoms with Gasteiger partial charge in [-0.05, 0) is 86.8 Å². The quantitative estimate of drug-likeness (QED) is 0.126. The van der Waals surface area contributed by atoms with E-state index in [0.29, 0.717) is 36.2 Å². The van der Waals surface area contributed by atoms with Gasteiger partial charge in [-0.25, -0.2) is 14.8 Å². The van der Waals surface area contributed by atoms with Crippen LogP contribution in [0.25, 0.3) is 0 Å². The number of cyclic esters (lactones) is 1. The zero-order chi connectivity index (χ0) is 44.5. The van der Waals surface area contributed by atoms with Crippen molar-refractivity contribution in [2.45, 2.75) is 110 Å². The molecule has 1 saturated heterocycles. The van der Waals surface area contributed by atoms with Gasteiger partial charge in [-0.15, -0.1) is 0 Å². The van der Waals surface area contributed by atoms with E-state index in [9.17, 15) is 38.3 Å². The van der Waals surface area contributed by atoms with Gasteiger partial charge in [0.2, 0.25) is 17.7 Å². The first-order valence-corrected chi connectivity index (χ1v) is 20.8. The highest BCUT2D eigenvalue weighted by atomic mass is 19.1. The number of allylic oxidation sites excluding steroid dienone is 5. The predicted octanol–water partition coefficient (Wildman–Crippen LogP) is 4.83. The number of Topliss-reactive ketones (excluding diaryl/α,β-unsaturated/α-hetero) is 1. The molecule has 6 unspecified atom stereocenters. The lowest BCUT2D eigenvalue weighted by Crippen LogP contribution is -2.62. The first-order chi connectivity index (χ1) is 29.1. The van der Waals surface area contributed by atoms with Crippen molar-refractivity contribution in [2.75, 3.05) is 11.9 Å². The number of aromatic nitrogens is 1. The Labute approximate surface area is 357 Å². The van der Waals surface area contributed by atoms with Gasteiger partial charge in [0, 0.05) is 38.1 Å². The van der Waals surface area contributed by atoms with E-state index < -0.39 is 83.5 Å². The minimum absolute atomic E-state index is 0.0424. The number of carbonyl (C=O) groups is 6. The molecule has 0 saturated carbocycles. The van der Waals surface area contributed by atoms with Crippen molar-refractivity contribution < 1.29 is 43.0 Å². The van der Waals surface area contributed by atoms with E-state index in [1.54, 1.807) is 82.5 Å². The van der Waals surface area contributed by atoms with Crippen molar-refractivity contribution in [1.82, 2.24) is 26.1 Å². The summed E-state index contributed by atoms with van der Waals surface area (Å²) >= 11 is 0. The fourth-order valence-electron chi connectivity index (χ4n) is 7.01. The molecule has 4 amide bonds. The van der Waals surface area contributed by atoms with Crippen molar-refractivity contribution in [3.05, 3.63) is 108 Å². The summed E-state index contributed by atoms with van der Waals surface area (Å²) in [6, 6.07) is 7.46. The minimum atomic E-state index is -1.25. The first-order valence-electron chi connectivity index (χ1n) is 20.8. The molecule has 15 heteroatoms. The van der Waals surface area contributed by atoms with Crippen LogP contribution in [-0.2, 0) is 39.9 Å². The zero-order valence-electron chi connectivity index (χ0n) is 35.5. The van der Waals surface area contributed by atoms with Crippen LogP contribution in [0.2, 0.25) is 0 Å². The second-order valence-electron chi connectivity index (χ2n) is 16.0. The number of anilines is 1. The van der Waals surface area contributed by atoms with Gasteiger partial charge in [0.05, 0.1) is 12.0 Å². The number of ketones is 1. The van der Waals surface area contributed by atoms with Crippen LogP contribution >= 0.6 is 0 Å². The van der Waals surface area contributed by atoms with Gasteiger partial charge >= 0.3 is 5.97 Å². The van der Waals surface area contributed by atoms with Gasteiger partial charge in [0.1, 0.15) is 41.6 Å². The third kappa shape index (κ3) is 15.3. The number of pyridine rings is 1. The molecule has 2 aliphatic rings. The number of ether oxygens (including phenoxy) is 1. The predicted molar refractivity (Wildman–Crippen MR) is 228 cm³/mol. The molecule has 328 valence electrons. The summed E-state index contributed by atoms with van der Waals surface area (Å²) in [7, 11) is 0. The molecule has 3 heterocycles. The monoisotopic (exact) mass is 842 g/mol. The summed E-state index contributed by atoms with van der Waals surface area (Å²) in [5.74, 6) is -5.09. The molecule has 7 atom stereocenters. The molecule has 14 nitrogen and oxygen atoms in total. The highest BCUT2D eigenvalue weighted by Crippen LogP contribution is 2.24. The number of nitrogens with zero attached hydrogens (tertiary/aromatic N) is 2. The summed E-state index contributed by atoms with van der Waals surface area (Å²) in [4.78, 5) is 84.7. The Balaban J connectivity index is 1.67. The van der Waals surface area contributed by atoms with Gasteiger partial charge in [-0.3, -0.25) is 29.0 Å². The maximum absolute atomic E-state index is 14.3. The number of aliphatic hydroxyl groups excluding tert-OH is 1. The molecule has 2 bridgehead atoms. The number of hydrogen-bond donors (Lipinski definition) is 5. The Morgan fingerprint density at radius 3 is 2.48 bits per heavy atom. The smallest absolute Gasteiger partial charge is 0.325 e. The number of rotatable bonds is 10. The number of aliphatic hydroxyl groups is 1. The largest absolute Gasteiger partial charge is 0.456 e. The van der Waals surface area contributed by atoms with Gasteiger partial charge in [-0.1, -0.05) is 75.4 Å². The van der Waals surface area contributed by atoms with Crippen LogP contribution in [0.1, 0.15) is 78.7 Å². The highest BCUT2D eigenvalue weighted by Gasteiger charge is 2.38. The zero-order valence-corrected chi connectivity index (χ0v) is 35.5. The van der Waals surface area contributed by atoms with Gasteiger partial charge < -0.3 is 30.6 Å². The molecule has 2 aliphatic heterocycles. The third-order valence-electron chi connectivity index (χ3n) is 10.6. The molecule has 0 radical (unpaired) electrons. The second kappa shape index (κ2) is 23.8. The second-order valence-corrected chi connectivity index (χ2v) is 16.0. The summed E-state index contributed by atoms with van der Waals surface area (Å²) in [5.41, 5.74) is 4.05. The highest BCUT2D eigenvalue weighted by molar-refractivity contribution is 5.98. The lowest BCUT2D eigenvalue weighted by molar-refractivity contribution is -0.156. The number of amides is 4. The molecule has 0 spiro atoms. The first kappa shape index (κ1) is 47.9. The number of nitrogens with one attached hydrogen (secondary N) is 4. The molecular formula is C46H59FN6O8. The molecule has 2 aromatic rings. The van der Waals surface area contributed by atoms with Crippen LogP contribution in [-0.4, -0.2) is 87.4 Å². The van der Waals surface area contributed by atoms with Crippen LogP contribution in [0.15, 0.2) is 96.8 Å². The fraction of sp³-hybridized carbons (Fsp3) is 0.457. The van der Waals surface area contributed by atoms with E-state index in [1.807, 2.05) is 12.2 Å². The Morgan fingerprint density at radius 1 is 1.03 bits per heavy atom. The maximum atomic E-state index is 14.3. The molecule has 1 aromatic carbocycles. The number of fused-ring (bicyclic) bond motifs is 2. The van der Waals surface area contributed by atoms with E-state index in [4.69, 9.17) is 4.74 Å². The number of hydrogen-bond acceptors (Lipinski definition) is 10. The third-order valence-corrected chi connectivity index (χ3v) is 10.6. The Morgan fingerprint density at radius 2 is 1.79 bits per heavy atom. The van der Waals surface area contributed by atoms with Crippen LogP contribution in [0, 0.1) is 23.6 Å². The molecule has 0 aliphatic carbocycles. The topological polar surface area (TPSA) is 196 Å². The van der Waals surface area contributed by atoms with Crippen LogP contribution in [0.3, 0.4) is 0 Å². The van der Waals surface area contributed by atoms with Crippen LogP contribution in [0.5, 0.6) is 0 Å². The number of halogens is 1. The van der Waals surface area contributed by atoms with Gasteiger partial charge in [0.15, 0.2) is 0 Å². The van der Waals surface area contributed by atoms with Crippen molar-refractivity contribution in [3.63, 3.8) is 0 Å². The number of esters is 1. The molecule has 4 rings (SSSR count). The fourth-order valence-corrected chi connectivity index (χ4v) is 7.01. The molecule has 61 heavy (non-hydrogen) atoms. The van der Waals surface area contributed by atoms with Crippen LogP contribution in [0.4, 0.5) is 10.2 Å². The number of carbonyl (C=O) groups excluding carboxylic acids is 6. The van der Waals surface area contributed by atoms with E-state index >= 15 is 0 Å². The van der Waals surface area contributed by atoms with E-state index in [-0.39, 0.29) is 38.0 Å². The SMILES string of the molecule is CC(=O)CCC1C(=O)NC(C(C)C)C(=O)NC(Cc2cccc(F)c2)C(=O)N2CCCC(N2)C(=O)O[C@H](/C(C)=C/C=C/C(=O)Nc2ccccn2)C/C=C/C=C/CC(C)C1O. The van der Waals surface area contributed by atoms with Crippen molar-refractivity contribution in [2.24, 2.45) is 17.8 Å². The van der Waals surface area contributed by atoms with Gasteiger partial charge in [-0.2, -0.15) is 0 Å². The van der Waals surface area contributed by atoms with E-state index in [2.05, 4.69) is 26.4 Å². The maximum Gasteiger partial charge on any atom is 0.325 e. The molecule has 5 N–H and O–H groups in total. The number of hydrazine groups is 1. The Kier molecular flexibility index (Phi) is 18.7. The van der Waals surface area contributed by atoms with E-state index in [1.165, 1.54) is 36.2 Å². The standard InChI is InChI=1S/C46H59FN6O8/c1-29(2)41-44(58)49-37(28-33-17-13-18-34(47)27-33)45(59)53-26-14-19-36(52-53)46(60)61-38(30(3)16-12-22-40(55)50-39-21-10-11-25-48-39)20-9-7-6-8-15-31(4)42(56)35(43(57)51-41)24-23-32(5)54/h6-13,16-18,21-22,25,27,29,31,35-38,41-42,52,56H,14-15,19-20,23-24,26,28H2,1-5H3,(H,49,58)(H,51,57)(H,48,50,55)/b8-6+,9-7+,22-12+,30-16+/t31?,35?,36?,37?,38-,41?,42?/m0/s1.